The van der Waals surface area contributed by atoms with Crippen molar-refractivity contribution in [3.05, 3.63) is 56.4 Å². The molecule has 0 bridgehead atoms. The summed E-state index contributed by atoms with van der Waals surface area (Å²) in [7, 11) is 3.91. The molecule has 0 saturated carbocycles. The maximum Gasteiger partial charge on any atom is 0.346 e. The van der Waals surface area contributed by atoms with Gasteiger partial charge in [-0.2, -0.15) is 0 Å². The Morgan fingerprint density at radius 1 is 1.31 bits per heavy atom. The fourth-order valence-electron chi connectivity index (χ4n) is 2.54. The van der Waals surface area contributed by atoms with E-state index < -0.39 is 11.5 Å². The Morgan fingerprint density at radius 2 is 1.96 bits per heavy atom. The Kier molecular flexibility index (Phi) is 4.84. The number of aromatic amines is 1. The third kappa shape index (κ3) is 3.36. The van der Waals surface area contributed by atoms with E-state index in [4.69, 9.17) is 11.6 Å². The normalized spacial score (nSPS) is 11.8. The number of hydrogen-bond acceptors (Lipinski definition) is 5. The molecule has 0 amide bonds. The van der Waals surface area contributed by atoms with Crippen molar-refractivity contribution in [3.8, 4) is 0 Å². The smallest absolute Gasteiger partial charge is 0.346 e. The molecule has 6 nitrogen and oxygen atoms in total. The van der Waals surface area contributed by atoms with Crippen molar-refractivity contribution in [2.75, 3.05) is 19.0 Å². The van der Waals surface area contributed by atoms with E-state index in [1.807, 2.05) is 43.3 Å². The molecule has 8 heteroatoms. The van der Waals surface area contributed by atoms with Crippen LogP contribution in [0.3, 0.4) is 0 Å². The zero-order chi connectivity index (χ0) is 19.0. The van der Waals surface area contributed by atoms with E-state index in [-0.39, 0.29) is 21.1 Å². The van der Waals surface area contributed by atoms with Crippen molar-refractivity contribution < 1.29 is 9.90 Å². The molecule has 0 atom stereocenters. The number of hydrogen-bond donors (Lipinski definition) is 2. The van der Waals surface area contributed by atoms with Crippen LogP contribution in [-0.2, 0) is 0 Å². The molecule has 0 fully saturated rings. The molecule has 0 aliphatic carbocycles. The predicted molar refractivity (Wildman–Crippen MR) is 106 cm³/mol. The van der Waals surface area contributed by atoms with Gasteiger partial charge in [0.15, 0.2) is 5.82 Å². The summed E-state index contributed by atoms with van der Waals surface area (Å²) >= 11 is 7.30. The number of carbonyl (C=O) groups is 1. The van der Waals surface area contributed by atoms with Gasteiger partial charge in [-0.05, 0) is 36.3 Å². The summed E-state index contributed by atoms with van der Waals surface area (Å²) in [5.41, 5.74) is 1.93. The molecular weight excluding hydrogens is 374 g/mol. The van der Waals surface area contributed by atoms with Crippen LogP contribution in [-0.4, -0.2) is 35.1 Å². The number of carboxylic acids is 1. The summed E-state index contributed by atoms with van der Waals surface area (Å²) in [4.78, 5) is 33.0. The fourth-order valence-corrected chi connectivity index (χ4v) is 3.78. The lowest BCUT2D eigenvalue weighted by atomic mass is 10.2. The first-order chi connectivity index (χ1) is 12.3. The van der Waals surface area contributed by atoms with Crippen LogP contribution in [0.15, 0.2) is 29.1 Å². The highest BCUT2D eigenvalue weighted by molar-refractivity contribution is 7.20. The number of fused-ring (bicyclic) bond motifs is 1. The largest absolute Gasteiger partial charge is 0.477 e. The Bertz CT molecular complexity index is 1080. The van der Waals surface area contributed by atoms with Gasteiger partial charge in [0.25, 0.3) is 5.56 Å². The summed E-state index contributed by atoms with van der Waals surface area (Å²) in [5.74, 6) is -0.867. The fraction of sp³-hybridized carbons (Fsp3) is 0.167. The molecular formula is C18H16ClN3O3S. The van der Waals surface area contributed by atoms with Crippen LogP contribution in [0.25, 0.3) is 21.3 Å². The lowest BCUT2D eigenvalue weighted by Crippen LogP contribution is -2.10. The van der Waals surface area contributed by atoms with Gasteiger partial charge in [0.05, 0.1) is 10.4 Å². The number of rotatable bonds is 4. The maximum atomic E-state index is 12.4. The Labute approximate surface area is 158 Å². The molecule has 2 N–H and O–H groups in total. The monoisotopic (exact) mass is 389 g/mol. The minimum atomic E-state index is -1.07. The van der Waals surface area contributed by atoms with E-state index in [9.17, 15) is 14.7 Å². The number of nitrogens with zero attached hydrogens (tertiary/aromatic N) is 2. The quantitative estimate of drug-likeness (QED) is 0.708. The topological polar surface area (TPSA) is 86.3 Å². The molecule has 134 valence electrons. The summed E-state index contributed by atoms with van der Waals surface area (Å²) < 4.78 is 0. The minimum absolute atomic E-state index is 0.106. The van der Waals surface area contributed by atoms with E-state index in [0.29, 0.717) is 10.4 Å². The van der Waals surface area contributed by atoms with Crippen LogP contribution < -0.4 is 10.5 Å². The van der Waals surface area contributed by atoms with Crippen molar-refractivity contribution >= 4 is 55.9 Å². The predicted octanol–water partition coefficient (Wildman–Crippen LogP) is 3.79. The number of carboxylic acid groups (broad SMARTS) is 1. The number of thiophene rings is 1. The molecule has 0 saturated heterocycles. The number of aromatic nitrogens is 2. The molecule has 2 aromatic heterocycles. The number of nitrogens with one attached hydrogen (secondary N) is 1. The number of aromatic carboxylic acids is 1. The van der Waals surface area contributed by atoms with Crippen molar-refractivity contribution in [3.63, 3.8) is 0 Å². The van der Waals surface area contributed by atoms with Crippen LogP contribution in [0.1, 0.15) is 26.6 Å². The van der Waals surface area contributed by atoms with Crippen LogP contribution in [0.2, 0.25) is 0 Å². The maximum absolute atomic E-state index is 12.4. The van der Waals surface area contributed by atoms with Gasteiger partial charge in [-0.25, -0.2) is 9.78 Å². The lowest BCUT2D eigenvalue weighted by Gasteiger charge is -2.11. The Hall–Kier alpha value is -2.64. The standard InChI is InChI=1S/C18H16ClN3O3S/c1-9-13-16(23)20-15(21-17(13)26-14(9)18(24)25)12(19)8-10-4-6-11(7-5-10)22(2)3/h4-8H,1-3H3,(H,24,25)(H,20,21,23)/b12-8-. The Morgan fingerprint density at radius 3 is 2.54 bits per heavy atom. The molecule has 0 aliphatic heterocycles. The third-order valence-corrected chi connectivity index (χ3v) is 5.39. The molecule has 3 rings (SSSR count). The lowest BCUT2D eigenvalue weighted by molar-refractivity contribution is 0.0701. The second-order valence-electron chi connectivity index (χ2n) is 5.93. The van der Waals surface area contributed by atoms with E-state index in [1.165, 1.54) is 0 Å². The summed E-state index contributed by atoms with van der Waals surface area (Å²) in [6, 6.07) is 7.73. The highest BCUT2D eigenvalue weighted by atomic mass is 35.5. The Balaban J connectivity index is 2.04. The molecule has 3 aromatic rings. The van der Waals surface area contributed by atoms with E-state index in [2.05, 4.69) is 9.97 Å². The number of halogens is 1. The summed E-state index contributed by atoms with van der Waals surface area (Å²) in [6.07, 6.45) is 1.70. The second kappa shape index (κ2) is 6.93. The molecule has 0 spiro atoms. The molecule has 2 heterocycles. The van der Waals surface area contributed by atoms with Gasteiger partial charge in [-0.3, -0.25) is 4.79 Å². The van der Waals surface area contributed by atoms with Gasteiger partial charge >= 0.3 is 5.97 Å². The first-order valence-corrected chi connectivity index (χ1v) is 8.89. The highest BCUT2D eigenvalue weighted by Gasteiger charge is 2.19. The van der Waals surface area contributed by atoms with Crippen molar-refractivity contribution in [1.29, 1.82) is 0 Å². The van der Waals surface area contributed by atoms with Crippen LogP contribution in [0.4, 0.5) is 5.69 Å². The van der Waals surface area contributed by atoms with E-state index in [0.717, 1.165) is 22.6 Å². The number of benzene rings is 1. The first kappa shape index (κ1) is 18.2. The van der Waals surface area contributed by atoms with Crippen molar-refractivity contribution in [2.24, 2.45) is 0 Å². The van der Waals surface area contributed by atoms with Crippen LogP contribution >= 0.6 is 22.9 Å². The van der Waals surface area contributed by atoms with Gasteiger partial charge < -0.3 is 15.0 Å². The van der Waals surface area contributed by atoms with Crippen LogP contribution in [0.5, 0.6) is 0 Å². The van der Waals surface area contributed by atoms with Gasteiger partial charge in [0.2, 0.25) is 0 Å². The second-order valence-corrected chi connectivity index (χ2v) is 7.34. The van der Waals surface area contributed by atoms with Gasteiger partial charge in [0, 0.05) is 19.8 Å². The number of H-pyrrole nitrogens is 1. The summed E-state index contributed by atoms with van der Waals surface area (Å²) in [5, 5.41) is 9.78. The van der Waals surface area contributed by atoms with Crippen molar-refractivity contribution in [1.82, 2.24) is 9.97 Å². The first-order valence-electron chi connectivity index (χ1n) is 7.69. The highest BCUT2D eigenvalue weighted by Crippen LogP contribution is 2.28. The average Bonchev–Trinajstić information content (AvgIpc) is 2.92. The zero-order valence-corrected chi connectivity index (χ0v) is 15.9. The van der Waals surface area contributed by atoms with Gasteiger partial charge in [-0.15, -0.1) is 11.3 Å². The molecule has 0 aliphatic rings. The molecule has 26 heavy (non-hydrogen) atoms. The molecule has 0 unspecified atom stereocenters. The van der Waals surface area contributed by atoms with E-state index in [1.54, 1.807) is 13.0 Å². The molecule has 0 radical (unpaired) electrons. The summed E-state index contributed by atoms with van der Waals surface area (Å²) in [6.45, 7) is 1.60. The van der Waals surface area contributed by atoms with Gasteiger partial charge in [-0.1, -0.05) is 23.7 Å². The zero-order valence-electron chi connectivity index (χ0n) is 14.3. The van der Waals surface area contributed by atoms with Crippen LogP contribution in [0, 0.1) is 6.92 Å². The third-order valence-electron chi connectivity index (χ3n) is 3.92. The van der Waals surface area contributed by atoms with E-state index >= 15 is 0 Å². The van der Waals surface area contributed by atoms with Gasteiger partial charge in [0.1, 0.15) is 9.71 Å². The number of anilines is 1. The minimum Gasteiger partial charge on any atom is -0.477 e. The van der Waals surface area contributed by atoms with Crippen molar-refractivity contribution in [2.45, 2.75) is 6.92 Å². The molecule has 1 aromatic carbocycles. The SMILES string of the molecule is Cc1c(C(=O)O)sc2nc(/C(Cl)=C/c3ccc(N(C)C)cc3)[nH]c(=O)c12. The number of aryl methyl sites for hydroxylation is 1. The average molecular weight is 390 g/mol.